The highest BCUT2D eigenvalue weighted by Crippen LogP contribution is 2.18. The van der Waals surface area contributed by atoms with Crippen LogP contribution in [0.25, 0.3) is 0 Å². The fourth-order valence-corrected chi connectivity index (χ4v) is 2.06. The summed E-state index contributed by atoms with van der Waals surface area (Å²) < 4.78 is 10.7. The lowest BCUT2D eigenvalue weighted by molar-refractivity contribution is -0.124. The molecule has 0 radical (unpaired) electrons. The quantitative estimate of drug-likeness (QED) is 0.862. The molecule has 1 N–H and O–H groups in total. The van der Waals surface area contributed by atoms with Crippen LogP contribution in [-0.4, -0.2) is 32.6 Å². The number of hydrogen-bond acceptors (Lipinski definition) is 4. The first-order chi connectivity index (χ1) is 8.79. The second kappa shape index (κ2) is 6.40. The SMILES string of the molecule is COc1ccc(OCCC2CNCCC2=O)cc1. The maximum absolute atomic E-state index is 11.6. The molecule has 4 nitrogen and oxygen atoms in total. The number of piperidine rings is 1. The fourth-order valence-electron chi connectivity index (χ4n) is 2.06. The van der Waals surface area contributed by atoms with Gasteiger partial charge in [-0.25, -0.2) is 0 Å². The van der Waals surface area contributed by atoms with E-state index < -0.39 is 0 Å². The first-order valence-electron chi connectivity index (χ1n) is 6.30. The minimum absolute atomic E-state index is 0.108. The van der Waals surface area contributed by atoms with Crippen LogP contribution >= 0.6 is 0 Å². The van der Waals surface area contributed by atoms with Gasteiger partial charge in [0, 0.05) is 25.4 Å². The van der Waals surface area contributed by atoms with E-state index in [0.717, 1.165) is 31.0 Å². The molecule has 1 fully saturated rings. The molecule has 0 aromatic heterocycles. The number of hydrogen-bond donors (Lipinski definition) is 1. The van der Waals surface area contributed by atoms with E-state index in [1.54, 1.807) is 7.11 Å². The largest absolute Gasteiger partial charge is 0.497 e. The predicted molar refractivity (Wildman–Crippen MR) is 69.1 cm³/mol. The molecular weight excluding hydrogens is 230 g/mol. The zero-order chi connectivity index (χ0) is 12.8. The van der Waals surface area contributed by atoms with Crippen molar-refractivity contribution >= 4 is 5.78 Å². The Hall–Kier alpha value is -1.55. The van der Waals surface area contributed by atoms with Gasteiger partial charge in [-0.3, -0.25) is 4.79 Å². The van der Waals surface area contributed by atoms with Gasteiger partial charge in [0.2, 0.25) is 0 Å². The minimum Gasteiger partial charge on any atom is -0.497 e. The third-order valence-corrected chi connectivity index (χ3v) is 3.19. The zero-order valence-electron chi connectivity index (χ0n) is 10.6. The predicted octanol–water partition coefficient (Wildman–Crippen LogP) is 1.64. The summed E-state index contributed by atoms with van der Waals surface area (Å²) in [5.74, 6) is 2.09. The molecule has 1 saturated heterocycles. The molecule has 2 rings (SSSR count). The van der Waals surface area contributed by atoms with Crippen molar-refractivity contribution < 1.29 is 14.3 Å². The van der Waals surface area contributed by atoms with E-state index in [-0.39, 0.29) is 5.92 Å². The van der Waals surface area contributed by atoms with E-state index in [0.29, 0.717) is 18.8 Å². The van der Waals surface area contributed by atoms with Crippen LogP contribution in [0.5, 0.6) is 11.5 Å². The summed E-state index contributed by atoms with van der Waals surface area (Å²) in [6.45, 7) is 2.17. The molecule has 0 bridgehead atoms. The van der Waals surface area contributed by atoms with Crippen LogP contribution in [-0.2, 0) is 4.79 Å². The van der Waals surface area contributed by atoms with Gasteiger partial charge in [0.1, 0.15) is 17.3 Å². The summed E-state index contributed by atoms with van der Waals surface area (Å²) in [6, 6.07) is 7.48. The number of benzene rings is 1. The Balaban J connectivity index is 1.75. The smallest absolute Gasteiger partial charge is 0.138 e. The molecule has 1 unspecified atom stereocenters. The molecule has 0 amide bonds. The Labute approximate surface area is 107 Å². The summed E-state index contributed by atoms with van der Waals surface area (Å²) in [5, 5.41) is 3.24. The van der Waals surface area contributed by atoms with Crippen molar-refractivity contribution in [1.82, 2.24) is 5.32 Å². The van der Waals surface area contributed by atoms with Gasteiger partial charge in [0.05, 0.1) is 13.7 Å². The Morgan fingerprint density at radius 1 is 1.28 bits per heavy atom. The summed E-state index contributed by atoms with van der Waals surface area (Å²) in [5.41, 5.74) is 0. The molecule has 0 saturated carbocycles. The van der Waals surface area contributed by atoms with E-state index >= 15 is 0 Å². The number of methoxy groups -OCH3 is 1. The van der Waals surface area contributed by atoms with Gasteiger partial charge in [-0.15, -0.1) is 0 Å². The van der Waals surface area contributed by atoms with Crippen molar-refractivity contribution in [2.45, 2.75) is 12.8 Å². The van der Waals surface area contributed by atoms with Crippen molar-refractivity contribution in [3.05, 3.63) is 24.3 Å². The van der Waals surface area contributed by atoms with Gasteiger partial charge in [0.15, 0.2) is 0 Å². The normalized spacial score (nSPS) is 19.6. The standard InChI is InChI=1S/C14H19NO3/c1-17-12-2-4-13(5-3-12)18-9-7-11-10-15-8-6-14(11)16/h2-5,11,15H,6-10H2,1H3. The fraction of sp³-hybridized carbons (Fsp3) is 0.500. The summed E-state index contributed by atoms with van der Waals surface area (Å²) >= 11 is 0. The van der Waals surface area contributed by atoms with Gasteiger partial charge >= 0.3 is 0 Å². The minimum atomic E-state index is 0.108. The molecule has 1 atom stereocenters. The molecule has 1 aliphatic rings. The average Bonchev–Trinajstić information content (AvgIpc) is 2.42. The maximum Gasteiger partial charge on any atom is 0.138 e. The molecule has 4 heteroatoms. The number of carbonyl (C=O) groups excluding carboxylic acids is 1. The van der Waals surface area contributed by atoms with Gasteiger partial charge in [-0.05, 0) is 30.7 Å². The first kappa shape index (κ1) is 12.9. The molecule has 1 aliphatic heterocycles. The molecule has 1 aromatic rings. The Kier molecular flexibility index (Phi) is 4.59. The number of nitrogens with one attached hydrogen (secondary N) is 1. The highest BCUT2D eigenvalue weighted by atomic mass is 16.5. The summed E-state index contributed by atoms with van der Waals surface area (Å²) in [7, 11) is 1.64. The van der Waals surface area contributed by atoms with E-state index in [2.05, 4.69) is 5.32 Å². The Morgan fingerprint density at radius 2 is 2.00 bits per heavy atom. The average molecular weight is 249 g/mol. The number of ether oxygens (including phenoxy) is 2. The highest BCUT2D eigenvalue weighted by Gasteiger charge is 2.21. The number of Topliss-reactive ketones (excluding diaryl/α,β-unsaturated/α-hetero) is 1. The van der Waals surface area contributed by atoms with E-state index in [4.69, 9.17) is 9.47 Å². The van der Waals surface area contributed by atoms with Crippen molar-refractivity contribution in [3.8, 4) is 11.5 Å². The maximum atomic E-state index is 11.6. The van der Waals surface area contributed by atoms with Crippen LogP contribution in [0.15, 0.2) is 24.3 Å². The first-order valence-corrected chi connectivity index (χ1v) is 6.30. The van der Waals surface area contributed by atoms with E-state index in [1.165, 1.54) is 0 Å². The van der Waals surface area contributed by atoms with E-state index in [9.17, 15) is 4.79 Å². The van der Waals surface area contributed by atoms with Gasteiger partial charge in [0.25, 0.3) is 0 Å². The zero-order valence-corrected chi connectivity index (χ0v) is 10.6. The molecule has 1 aromatic carbocycles. The number of rotatable bonds is 5. The van der Waals surface area contributed by atoms with Gasteiger partial charge in [-0.2, -0.15) is 0 Å². The number of carbonyl (C=O) groups is 1. The van der Waals surface area contributed by atoms with Crippen LogP contribution in [0.2, 0.25) is 0 Å². The summed E-state index contributed by atoms with van der Waals surface area (Å²) in [4.78, 5) is 11.6. The van der Waals surface area contributed by atoms with Crippen molar-refractivity contribution in [1.29, 1.82) is 0 Å². The summed E-state index contributed by atoms with van der Waals surface area (Å²) in [6.07, 6.45) is 1.42. The van der Waals surface area contributed by atoms with Crippen LogP contribution in [0.3, 0.4) is 0 Å². The second-order valence-electron chi connectivity index (χ2n) is 4.43. The lowest BCUT2D eigenvalue weighted by Gasteiger charge is -2.21. The molecule has 98 valence electrons. The lowest BCUT2D eigenvalue weighted by atomic mass is 9.95. The third-order valence-electron chi connectivity index (χ3n) is 3.19. The molecule has 1 heterocycles. The second-order valence-corrected chi connectivity index (χ2v) is 4.43. The van der Waals surface area contributed by atoms with Gasteiger partial charge < -0.3 is 14.8 Å². The topological polar surface area (TPSA) is 47.6 Å². The number of ketones is 1. The molecule has 0 aliphatic carbocycles. The molecule has 0 spiro atoms. The third kappa shape index (κ3) is 3.47. The van der Waals surface area contributed by atoms with Crippen LogP contribution in [0.1, 0.15) is 12.8 Å². The van der Waals surface area contributed by atoms with Crippen molar-refractivity contribution in [2.24, 2.45) is 5.92 Å². The monoisotopic (exact) mass is 249 g/mol. The highest BCUT2D eigenvalue weighted by molar-refractivity contribution is 5.82. The van der Waals surface area contributed by atoms with Crippen LogP contribution in [0.4, 0.5) is 0 Å². The molecule has 18 heavy (non-hydrogen) atoms. The van der Waals surface area contributed by atoms with Crippen LogP contribution in [0, 0.1) is 5.92 Å². The van der Waals surface area contributed by atoms with Crippen molar-refractivity contribution in [3.63, 3.8) is 0 Å². The van der Waals surface area contributed by atoms with Crippen molar-refractivity contribution in [2.75, 3.05) is 26.8 Å². The Bertz CT molecular complexity index is 389. The lowest BCUT2D eigenvalue weighted by Crippen LogP contribution is -2.37. The Morgan fingerprint density at radius 3 is 2.67 bits per heavy atom. The van der Waals surface area contributed by atoms with E-state index in [1.807, 2.05) is 24.3 Å². The van der Waals surface area contributed by atoms with Crippen LogP contribution < -0.4 is 14.8 Å². The van der Waals surface area contributed by atoms with Gasteiger partial charge in [-0.1, -0.05) is 0 Å². The molecular formula is C14H19NO3.